The lowest BCUT2D eigenvalue weighted by Crippen LogP contribution is -2.37. The van der Waals surface area contributed by atoms with Gasteiger partial charge in [0.05, 0.1) is 5.56 Å². The third-order valence-corrected chi connectivity index (χ3v) is 3.75. The molecule has 1 N–H and O–H groups in total. The average Bonchev–Trinajstić information content (AvgIpc) is 2.56. The van der Waals surface area contributed by atoms with Crippen LogP contribution in [0.5, 0.6) is 0 Å². The monoisotopic (exact) mass is 324 g/mol. The lowest BCUT2D eigenvalue weighted by atomic mass is 9.98. The van der Waals surface area contributed by atoms with E-state index in [-0.39, 0.29) is 6.42 Å². The van der Waals surface area contributed by atoms with Crippen molar-refractivity contribution in [1.82, 2.24) is 0 Å². The van der Waals surface area contributed by atoms with Gasteiger partial charge in [-0.3, -0.25) is 4.79 Å². The van der Waals surface area contributed by atoms with Crippen LogP contribution >= 0.6 is 0 Å². The fourth-order valence-electron chi connectivity index (χ4n) is 2.57. The van der Waals surface area contributed by atoms with Crippen molar-refractivity contribution in [2.75, 3.05) is 5.32 Å². The van der Waals surface area contributed by atoms with Gasteiger partial charge in [-0.05, 0) is 29.3 Å². The first-order valence-corrected chi connectivity index (χ1v) is 7.41. The minimum absolute atomic E-state index is 0.189. The highest BCUT2D eigenvalue weighted by Crippen LogP contribution is 2.21. The fourth-order valence-corrected chi connectivity index (χ4v) is 2.57. The van der Waals surface area contributed by atoms with Crippen molar-refractivity contribution in [2.45, 2.75) is 18.9 Å². The Balaban J connectivity index is 1.67. The van der Waals surface area contributed by atoms with E-state index >= 15 is 0 Å². The maximum Gasteiger partial charge on any atom is 0.339 e. The van der Waals surface area contributed by atoms with Gasteiger partial charge in [-0.25, -0.2) is 4.79 Å². The number of cyclic esters (lactones) is 1. The summed E-state index contributed by atoms with van der Waals surface area (Å²) in [5, 5.41) is 13.2. The highest BCUT2D eigenvalue weighted by atomic mass is 16.5. The first kappa shape index (κ1) is 15.7. The minimum atomic E-state index is -1.17. The van der Waals surface area contributed by atoms with Crippen LogP contribution in [0.1, 0.15) is 21.5 Å². The largest absolute Gasteiger partial charge is 0.550 e. The topological polar surface area (TPSA) is 95.5 Å². The average molecular weight is 324 g/mol. The summed E-state index contributed by atoms with van der Waals surface area (Å²) in [6.45, 7) is 0. The summed E-state index contributed by atoms with van der Waals surface area (Å²) in [7, 11) is 0. The summed E-state index contributed by atoms with van der Waals surface area (Å²) in [6, 6.07) is 13.4. The number of ether oxygens (including phenoxy) is 1. The van der Waals surface area contributed by atoms with Crippen LogP contribution in [0.4, 0.5) is 5.69 Å². The standard InChI is InChI=1S/C18H15NO5/c20-16(21)9-11-5-7-13(8-6-11)19-17(22)15-10-12-3-1-2-4-14(12)18(23)24-15/h1-8,15H,9-10H2,(H,19,22)(H,20,21)/p-1/t15-/m0/s1. The number of hydrogen-bond donors (Lipinski definition) is 1. The molecule has 24 heavy (non-hydrogen) atoms. The van der Waals surface area contributed by atoms with Gasteiger partial charge in [0.1, 0.15) is 0 Å². The molecule has 0 aromatic heterocycles. The molecule has 1 atom stereocenters. The van der Waals surface area contributed by atoms with Gasteiger partial charge in [-0.2, -0.15) is 0 Å². The van der Waals surface area contributed by atoms with Crippen LogP contribution < -0.4 is 10.4 Å². The number of hydrogen-bond acceptors (Lipinski definition) is 5. The van der Waals surface area contributed by atoms with E-state index in [1.165, 1.54) is 0 Å². The van der Waals surface area contributed by atoms with Crippen LogP contribution in [0.25, 0.3) is 0 Å². The summed E-state index contributed by atoms with van der Waals surface area (Å²) in [6.07, 6.45) is -0.766. The van der Waals surface area contributed by atoms with Crippen LogP contribution in [0, 0.1) is 0 Å². The summed E-state index contributed by atoms with van der Waals surface area (Å²) in [4.78, 5) is 34.8. The Kier molecular flexibility index (Phi) is 4.29. The van der Waals surface area contributed by atoms with E-state index in [1.807, 2.05) is 6.07 Å². The van der Waals surface area contributed by atoms with Gasteiger partial charge < -0.3 is 20.0 Å². The smallest absolute Gasteiger partial charge is 0.339 e. The Morgan fingerprint density at radius 3 is 2.54 bits per heavy atom. The first-order valence-electron chi connectivity index (χ1n) is 7.41. The zero-order chi connectivity index (χ0) is 17.1. The molecule has 1 aliphatic rings. The molecule has 1 amide bonds. The van der Waals surface area contributed by atoms with Gasteiger partial charge in [0.25, 0.3) is 5.91 Å². The molecule has 0 saturated carbocycles. The lowest BCUT2D eigenvalue weighted by molar-refractivity contribution is -0.304. The van der Waals surface area contributed by atoms with E-state index in [0.29, 0.717) is 23.2 Å². The van der Waals surface area contributed by atoms with Gasteiger partial charge >= 0.3 is 5.97 Å². The Labute approximate surface area is 138 Å². The molecule has 0 bridgehead atoms. The zero-order valence-corrected chi connectivity index (χ0v) is 12.7. The van der Waals surface area contributed by atoms with Crippen LogP contribution in [-0.2, 0) is 27.2 Å². The van der Waals surface area contributed by atoms with E-state index in [2.05, 4.69) is 5.32 Å². The van der Waals surface area contributed by atoms with Crippen molar-refractivity contribution in [1.29, 1.82) is 0 Å². The summed E-state index contributed by atoms with van der Waals surface area (Å²) < 4.78 is 5.19. The van der Waals surface area contributed by atoms with Crippen molar-refractivity contribution in [3.05, 3.63) is 65.2 Å². The van der Waals surface area contributed by atoms with Gasteiger partial charge in [-0.15, -0.1) is 0 Å². The molecule has 3 rings (SSSR count). The van der Waals surface area contributed by atoms with Crippen molar-refractivity contribution in [3.8, 4) is 0 Å². The van der Waals surface area contributed by atoms with Crippen molar-refractivity contribution in [3.63, 3.8) is 0 Å². The number of carboxylic acid groups (broad SMARTS) is 1. The van der Waals surface area contributed by atoms with E-state index in [9.17, 15) is 19.5 Å². The molecule has 1 aliphatic heterocycles. The second-order valence-corrected chi connectivity index (χ2v) is 5.49. The number of rotatable bonds is 4. The third-order valence-electron chi connectivity index (χ3n) is 3.75. The highest BCUT2D eigenvalue weighted by molar-refractivity contribution is 6.00. The molecular formula is C18H14NO5-. The summed E-state index contributed by atoms with van der Waals surface area (Å²) in [5.74, 6) is -2.11. The highest BCUT2D eigenvalue weighted by Gasteiger charge is 2.30. The molecule has 0 aliphatic carbocycles. The van der Waals surface area contributed by atoms with Crippen LogP contribution in [-0.4, -0.2) is 23.9 Å². The number of nitrogens with one attached hydrogen (secondary N) is 1. The number of carboxylic acids is 1. The van der Waals surface area contributed by atoms with Gasteiger partial charge in [0, 0.05) is 24.5 Å². The molecule has 6 heteroatoms. The van der Waals surface area contributed by atoms with E-state index in [0.717, 1.165) is 5.56 Å². The van der Waals surface area contributed by atoms with Gasteiger partial charge in [0.2, 0.25) is 0 Å². The van der Waals surface area contributed by atoms with Crippen molar-refractivity contribution < 1.29 is 24.2 Å². The number of benzene rings is 2. The molecule has 0 unspecified atom stereocenters. The molecule has 122 valence electrons. The SMILES string of the molecule is O=C([O-])Cc1ccc(NC(=O)[C@@H]2Cc3ccccc3C(=O)O2)cc1. The Hall–Kier alpha value is -3.15. The maximum atomic E-state index is 12.3. The van der Waals surface area contributed by atoms with E-state index < -0.39 is 23.9 Å². The molecule has 2 aromatic carbocycles. The van der Waals surface area contributed by atoms with Gasteiger partial charge in [-0.1, -0.05) is 30.3 Å². The Morgan fingerprint density at radius 1 is 1.12 bits per heavy atom. The third kappa shape index (κ3) is 3.43. The molecule has 0 spiro atoms. The number of esters is 1. The maximum absolute atomic E-state index is 12.3. The number of aliphatic carboxylic acids is 1. The van der Waals surface area contributed by atoms with Crippen molar-refractivity contribution >= 4 is 23.5 Å². The number of amides is 1. The second-order valence-electron chi connectivity index (χ2n) is 5.49. The predicted molar refractivity (Wildman–Crippen MR) is 83.1 cm³/mol. The Morgan fingerprint density at radius 2 is 1.83 bits per heavy atom. The summed E-state index contributed by atoms with van der Waals surface area (Å²) >= 11 is 0. The lowest BCUT2D eigenvalue weighted by Gasteiger charge is -2.23. The molecule has 0 saturated heterocycles. The molecule has 2 aromatic rings. The normalized spacial score (nSPS) is 16.0. The van der Waals surface area contributed by atoms with E-state index in [4.69, 9.17) is 4.74 Å². The molecule has 1 heterocycles. The van der Waals surface area contributed by atoms with E-state index in [1.54, 1.807) is 42.5 Å². The van der Waals surface area contributed by atoms with Gasteiger partial charge in [0.15, 0.2) is 6.10 Å². The molecule has 6 nitrogen and oxygen atoms in total. The van der Waals surface area contributed by atoms with Crippen LogP contribution in [0.3, 0.4) is 0 Å². The quantitative estimate of drug-likeness (QED) is 0.835. The predicted octanol–water partition coefficient (Wildman–Crippen LogP) is 0.699. The zero-order valence-electron chi connectivity index (χ0n) is 12.7. The number of anilines is 1. The number of fused-ring (bicyclic) bond motifs is 1. The summed E-state index contributed by atoms with van der Waals surface area (Å²) in [5.41, 5.74) is 2.33. The second kappa shape index (κ2) is 6.54. The van der Waals surface area contributed by atoms with Crippen LogP contribution in [0.2, 0.25) is 0 Å². The minimum Gasteiger partial charge on any atom is -0.550 e. The number of carbonyl (C=O) groups excluding carboxylic acids is 3. The first-order chi connectivity index (χ1) is 11.5. The number of carbonyl (C=O) groups is 3. The Bertz CT molecular complexity index is 797. The molecule has 0 radical (unpaired) electrons. The molecular weight excluding hydrogens is 310 g/mol. The fraction of sp³-hybridized carbons (Fsp3) is 0.167. The van der Waals surface area contributed by atoms with Crippen molar-refractivity contribution in [2.24, 2.45) is 0 Å². The molecule has 0 fully saturated rings. The van der Waals surface area contributed by atoms with Crippen LogP contribution in [0.15, 0.2) is 48.5 Å².